The number of esters is 1. The van der Waals surface area contributed by atoms with Gasteiger partial charge in [0.05, 0.1) is 11.0 Å². The van der Waals surface area contributed by atoms with Crippen LogP contribution in [-0.2, 0) is 26.3 Å². The van der Waals surface area contributed by atoms with Crippen LogP contribution in [0.4, 0.5) is 0 Å². The number of hydrogen-bond donors (Lipinski definition) is 3. The second-order valence-corrected chi connectivity index (χ2v) is 7.59. The first-order chi connectivity index (χ1) is 12.8. The normalized spacial score (nSPS) is 19.1. The second-order valence-electron chi connectivity index (χ2n) is 6.17. The first-order valence-corrected chi connectivity index (χ1v) is 9.87. The van der Waals surface area contributed by atoms with Crippen LogP contribution in [0.5, 0.6) is 0 Å². The predicted molar refractivity (Wildman–Crippen MR) is 99.6 cm³/mol. The largest absolute Gasteiger partial charge is 0.460 e. The fourth-order valence-corrected chi connectivity index (χ4v) is 2.94. The molecule has 0 spiro atoms. The number of ether oxygens (including phenoxy) is 1. The van der Waals surface area contributed by atoms with E-state index < -0.39 is 22.3 Å². The van der Waals surface area contributed by atoms with Crippen molar-refractivity contribution in [3.8, 4) is 0 Å². The highest BCUT2D eigenvalue weighted by atomic mass is 32.2. The summed E-state index contributed by atoms with van der Waals surface area (Å²) in [4.78, 5) is 11.5. The van der Waals surface area contributed by atoms with Gasteiger partial charge < -0.3 is 15.2 Å². The lowest BCUT2D eigenvalue weighted by molar-refractivity contribution is -0.149. The van der Waals surface area contributed by atoms with Crippen molar-refractivity contribution in [2.45, 2.75) is 37.0 Å². The second kappa shape index (κ2) is 9.61. The van der Waals surface area contributed by atoms with Gasteiger partial charge in [-0.3, -0.25) is 9.35 Å². The van der Waals surface area contributed by atoms with Gasteiger partial charge in [0.1, 0.15) is 12.6 Å². The number of aliphatic hydroxyl groups is 1. The number of rotatable bonds is 4. The Hall–Kier alpha value is -2.26. The zero-order valence-electron chi connectivity index (χ0n) is 14.9. The lowest BCUT2D eigenvalue weighted by Gasteiger charge is -2.13. The maximum atomic E-state index is 11.6. The molecule has 0 amide bonds. The molecule has 3 rings (SSSR count). The van der Waals surface area contributed by atoms with Crippen LogP contribution >= 0.6 is 0 Å². The van der Waals surface area contributed by atoms with Crippen molar-refractivity contribution < 1.29 is 27.6 Å². The zero-order chi connectivity index (χ0) is 19.9. The number of hydrogen-bond acceptors (Lipinski definition) is 6. The molecule has 1 aliphatic rings. The van der Waals surface area contributed by atoms with Crippen LogP contribution in [0.2, 0.25) is 0 Å². The molecule has 7 nitrogen and oxygen atoms in total. The molecule has 1 saturated heterocycles. The van der Waals surface area contributed by atoms with Gasteiger partial charge in [0, 0.05) is 0 Å². The maximum Gasteiger partial charge on any atom is 0.326 e. The third-order valence-electron chi connectivity index (χ3n) is 3.99. The molecule has 0 radical (unpaired) electrons. The molecule has 2 aromatic carbocycles. The molecule has 0 unspecified atom stereocenters. The number of aliphatic hydroxyl groups excluding tert-OH is 1. The summed E-state index contributed by atoms with van der Waals surface area (Å²) in [7, 11) is -4.02. The molecule has 0 bridgehead atoms. The number of aryl methyl sites for hydroxylation is 1. The molecule has 1 heterocycles. The first-order valence-electron chi connectivity index (χ1n) is 8.43. The molecule has 2 atom stereocenters. The van der Waals surface area contributed by atoms with Crippen LogP contribution < -0.4 is 5.32 Å². The zero-order valence-corrected chi connectivity index (χ0v) is 15.7. The van der Waals surface area contributed by atoms with E-state index in [-0.39, 0.29) is 17.5 Å². The molecule has 0 aliphatic carbocycles. The summed E-state index contributed by atoms with van der Waals surface area (Å²) in [5.74, 6) is -0.381. The first kappa shape index (κ1) is 21.0. The highest BCUT2D eigenvalue weighted by Crippen LogP contribution is 2.10. The standard InChI is InChI=1S/C12H15NO3.C7H8O3S/c14-10-6-7-13-11(10)12(15)16-8-9-4-2-1-3-5-9;1-6-2-4-7(5-3-6)11(8,9)10/h1-5,10-11,13-14H,6-8H2;2-5H,1H3,(H,8,9,10)/t10-,11-;/m0./s1. The summed E-state index contributed by atoms with van der Waals surface area (Å²) in [6.07, 6.45) is -0.0197. The van der Waals surface area contributed by atoms with Crippen molar-refractivity contribution in [1.29, 1.82) is 0 Å². The number of carbonyl (C=O) groups is 1. The lowest BCUT2D eigenvalue weighted by atomic mass is 10.2. The van der Waals surface area contributed by atoms with Crippen molar-refractivity contribution in [2.75, 3.05) is 6.54 Å². The molecule has 27 heavy (non-hydrogen) atoms. The molecule has 8 heteroatoms. The Morgan fingerprint density at radius 2 is 1.78 bits per heavy atom. The predicted octanol–water partition coefficient (Wildman–Crippen LogP) is 1.69. The van der Waals surface area contributed by atoms with Crippen molar-refractivity contribution in [1.82, 2.24) is 5.32 Å². The molecule has 1 fully saturated rings. The minimum absolute atomic E-state index is 0.0666. The fourth-order valence-electron chi connectivity index (χ4n) is 2.46. The molecule has 2 aromatic rings. The Kier molecular flexibility index (Phi) is 7.49. The van der Waals surface area contributed by atoms with Gasteiger partial charge in [-0.15, -0.1) is 0 Å². The third-order valence-corrected chi connectivity index (χ3v) is 4.85. The highest BCUT2D eigenvalue weighted by molar-refractivity contribution is 7.85. The van der Waals surface area contributed by atoms with Crippen LogP contribution in [0, 0.1) is 6.92 Å². The van der Waals surface area contributed by atoms with Crippen LogP contribution in [0.1, 0.15) is 17.5 Å². The summed E-state index contributed by atoms with van der Waals surface area (Å²) >= 11 is 0. The Balaban J connectivity index is 0.000000208. The van der Waals surface area contributed by atoms with Crippen LogP contribution in [-0.4, -0.2) is 42.7 Å². The van der Waals surface area contributed by atoms with Gasteiger partial charge in [0.2, 0.25) is 0 Å². The summed E-state index contributed by atoms with van der Waals surface area (Å²) < 4.78 is 34.7. The molecular formula is C19H23NO6S. The van der Waals surface area contributed by atoms with Crippen molar-refractivity contribution >= 4 is 16.1 Å². The minimum Gasteiger partial charge on any atom is -0.460 e. The maximum absolute atomic E-state index is 11.6. The molecule has 1 aliphatic heterocycles. The smallest absolute Gasteiger partial charge is 0.326 e. The van der Waals surface area contributed by atoms with Gasteiger partial charge in [0.25, 0.3) is 10.1 Å². The van der Waals surface area contributed by atoms with E-state index in [0.717, 1.165) is 11.1 Å². The topological polar surface area (TPSA) is 113 Å². The van der Waals surface area contributed by atoms with Gasteiger partial charge in [0.15, 0.2) is 0 Å². The van der Waals surface area contributed by atoms with Gasteiger partial charge in [-0.1, -0.05) is 48.0 Å². The fraction of sp³-hybridized carbons (Fsp3) is 0.316. The van der Waals surface area contributed by atoms with Crippen LogP contribution in [0.25, 0.3) is 0 Å². The average molecular weight is 393 g/mol. The quantitative estimate of drug-likeness (QED) is 0.535. The summed E-state index contributed by atoms with van der Waals surface area (Å²) in [5, 5.41) is 12.4. The Labute approximate surface area is 158 Å². The van der Waals surface area contributed by atoms with Crippen LogP contribution in [0.15, 0.2) is 59.5 Å². The molecule has 146 valence electrons. The van der Waals surface area contributed by atoms with E-state index in [1.54, 1.807) is 12.1 Å². The van der Waals surface area contributed by atoms with Gasteiger partial charge >= 0.3 is 5.97 Å². The van der Waals surface area contributed by atoms with E-state index in [1.165, 1.54) is 12.1 Å². The van der Waals surface area contributed by atoms with E-state index in [9.17, 15) is 18.3 Å². The van der Waals surface area contributed by atoms with E-state index in [4.69, 9.17) is 9.29 Å². The minimum atomic E-state index is -4.02. The molecular weight excluding hydrogens is 370 g/mol. The third kappa shape index (κ3) is 6.76. The molecule has 0 aromatic heterocycles. The average Bonchev–Trinajstić information content (AvgIpc) is 3.07. The van der Waals surface area contributed by atoms with E-state index in [0.29, 0.717) is 13.0 Å². The number of nitrogens with one attached hydrogen (secondary N) is 1. The Morgan fingerprint density at radius 1 is 1.15 bits per heavy atom. The molecule has 0 saturated carbocycles. The summed E-state index contributed by atoms with van der Waals surface area (Å²) in [6.45, 7) is 2.75. The highest BCUT2D eigenvalue weighted by Gasteiger charge is 2.32. The summed E-state index contributed by atoms with van der Waals surface area (Å²) in [5.41, 5.74) is 1.90. The van der Waals surface area contributed by atoms with Gasteiger partial charge in [-0.25, -0.2) is 0 Å². The van der Waals surface area contributed by atoms with Crippen LogP contribution in [0.3, 0.4) is 0 Å². The SMILES string of the molecule is Cc1ccc(S(=O)(=O)O)cc1.O=C(OCc1ccccc1)[C@H]1NCC[C@@H]1O. The number of benzene rings is 2. The van der Waals surface area contributed by atoms with Crippen molar-refractivity contribution in [2.24, 2.45) is 0 Å². The Morgan fingerprint density at radius 3 is 2.30 bits per heavy atom. The van der Waals surface area contributed by atoms with Crippen molar-refractivity contribution in [3.05, 3.63) is 65.7 Å². The van der Waals surface area contributed by atoms with E-state index >= 15 is 0 Å². The van der Waals surface area contributed by atoms with Gasteiger partial charge in [-0.05, 0) is 37.6 Å². The van der Waals surface area contributed by atoms with E-state index in [1.807, 2.05) is 37.3 Å². The molecule has 3 N–H and O–H groups in total. The summed E-state index contributed by atoms with van der Waals surface area (Å²) in [6, 6.07) is 14.9. The van der Waals surface area contributed by atoms with Gasteiger partial charge in [-0.2, -0.15) is 8.42 Å². The number of carbonyl (C=O) groups excluding carboxylic acids is 1. The van der Waals surface area contributed by atoms with Crippen molar-refractivity contribution in [3.63, 3.8) is 0 Å². The Bertz CT molecular complexity index is 836. The monoisotopic (exact) mass is 393 g/mol. The lowest BCUT2D eigenvalue weighted by Crippen LogP contribution is -2.39. The van der Waals surface area contributed by atoms with E-state index in [2.05, 4.69) is 5.32 Å².